The van der Waals surface area contributed by atoms with Gasteiger partial charge < -0.3 is 20.1 Å². The molecule has 1 atom stereocenters. The fraction of sp³-hybridized carbons (Fsp3) is 0.316. The fourth-order valence-corrected chi connectivity index (χ4v) is 2.82. The summed E-state index contributed by atoms with van der Waals surface area (Å²) in [5.74, 6) is 0.591. The highest BCUT2D eigenvalue weighted by atomic mass is 35.5. The molecule has 1 unspecified atom stereocenters. The van der Waals surface area contributed by atoms with Crippen molar-refractivity contribution < 1.29 is 14.3 Å². The summed E-state index contributed by atoms with van der Waals surface area (Å²) in [7, 11) is 0. The fourth-order valence-electron chi connectivity index (χ4n) is 2.63. The first-order valence-electron chi connectivity index (χ1n) is 8.27. The molecule has 0 radical (unpaired) electrons. The highest BCUT2D eigenvalue weighted by Gasteiger charge is 2.20. The van der Waals surface area contributed by atoms with Crippen LogP contribution in [0.25, 0.3) is 0 Å². The predicted molar refractivity (Wildman–Crippen MR) is 96.7 cm³/mol. The Bertz CT molecular complexity index is 717. The van der Waals surface area contributed by atoms with Gasteiger partial charge in [0.15, 0.2) is 0 Å². The molecule has 5 nitrogen and oxygen atoms in total. The molecule has 0 bridgehead atoms. The number of amides is 1. The largest absolute Gasteiger partial charge is 0.487 e. The van der Waals surface area contributed by atoms with Crippen LogP contribution in [0.2, 0.25) is 5.02 Å². The number of carbonyl (C=O) groups excluding carboxylic acids is 1. The zero-order valence-electron chi connectivity index (χ0n) is 13.8. The molecular formula is C19H21ClN2O3. The molecule has 1 aliphatic heterocycles. The summed E-state index contributed by atoms with van der Waals surface area (Å²) in [5.41, 5.74) is 2.02. The Balaban J connectivity index is 1.59. The average molecular weight is 361 g/mol. The van der Waals surface area contributed by atoms with Crippen molar-refractivity contribution in [1.82, 2.24) is 10.6 Å². The second-order valence-electron chi connectivity index (χ2n) is 5.79. The molecule has 0 aliphatic carbocycles. The Kier molecular flexibility index (Phi) is 6.28. The van der Waals surface area contributed by atoms with Crippen molar-refractivity contribution in [3.05, 3.63) is 64.7 Å². The Morgan fingerprint density at radius 2 is 1.96 bits per heavy atom. The van der Waals surface area contributed by atoms with Crippen LogP contribution in [0.5, 0.6) is 5.75 Å². The minimum atomic E-state index is -0.291. The van der Waals surface area contributed by atoms with Crippen molar-refractivity contribution in [2.75, 3.05) is 19.8 Å². The summed E-state index contributed by atoms with van der Waals surface area (Å²) in [4.78, 5) is 12.2. The van der Waals surface area contributed by atoms with Gasteiger partial charge in [0.05, 0.1) is 18.2 Å². The van der Waals surface area contributed by atoms with Crippen LogP contribution in [0, 0.1) is 0 Å². The molecule has 1 amide bonds. The topological polar surface area (TPSA) is 59.6 Å². The van der Waals surface area contributed by atoms with Crippen molar-refractivity contribution in [2.45, 2.75) is 19.2 Å². The number of hydrogen-bond donors (Lipinski definition) is 2. The van der Waals surface area contributed by atoms with Crippen molar-refractivity contribution in [3.8, 4) is 5.75 Å². The van der Waals surface area contributed by atoms with Gasteiger partial charge in [-0.2, -0.15) is 0 Å². The van der Waals surface area contributed by atoms with Gasteiger partial charge >= 0.3 is 0 Å². The van der Waals surface area contributed by atoms with Gasteiger partial charge in [0.1, 0.15) is 18.4 Å². The van der Waals surface area contributed by atoms with Crippen molar-refractivity contribution >= 4 is 17.5 Å². The normalized spacial score (nSPS) is 17.1. The molecule has 2 aromatic rings. The van der Waals surface area contributed by atoms with E-state index in [1.165, 1.54) is 0 Å². The van der Waals surface area contributed by atoms with E-state index >= 15 is 0 Å². The quantitative estimate of drug-likeness (QED) is 0.831. The number of benzene rings is 2. The van der Waals surface area contributed by atoms with Crippen molar-refractivity contribution in [1.29, 1.82) is 0 Å². The van der Waals surface area contributed by atoms with Crippen molar-refractivity contribution in [2.24, 2.45) is 0 Å². The van der Waals surface area contributed by atoms with E-state index in [1.807, 2.05) is 42.5 Å². The maximum absolute atomic E-state index is 12.2. The molecule has 6 heteroatoms. The summed E-state index contributed by atoms with van der Waals surface area (Å²) in [6, 6.07) is 14.9. The lowest BCUT2D eigenvalue weighted by atomic mass is 10.1. The Hall–Kier alpha value is -2.08. The Morgan fingerprint density at radius 1 is 1.20 bits per heavy atom. The van der Waals surface area contributed by atoms with E-state index in [-0.39, 0.29) is 11.9 Å². The molecule has 0 spiro atoms. The predicted octanol–water partition coefficient (Wildman–Crippen LogP) is 2.52. The van der Waals surface area contributed by atoms with E-state index < -0.39 is 0 Å². The first-order chi connectivity index (χ1) is 12.2. The smallest absolute Gasteiger partial charge is 0.239 e. The van der Waals surface area contributed by atoms with Gasteiger partial charge in [-0.15, -0.1) is 0 Å². The molecule has 2 aromatic carbocycles. The number of morpholine rings is 1. The second kappa shape index (κ2) is 8.85. The molecule has 0 saturated carbocycles. The van der Waals surface area contributed by atoms with Gasteiger partial charge in [0.25, 0.3) is 0 Å². The standard InChI is InChI=1S/C19H21ClN2O3/c20-16-7-3-4-8-18(16)25-12-15-6-2-1-5-14(15)11-22-19(23)17-13-24-10-9-21-17/h1-8,17,21H,9-13H2,(H,22,23). The number of hydrogen-bond acceptors (Lipinski definition) is 4. The van der Waals surface area contributed by atoms with Gasteiger partial charge in [-0.1, -0.05) is 48.0 Å². The third-order valence-corrected chi connectivity index (χ3v) is 4.34. The summed E-state index contributed by atoms with van der Waals surface area (Å²) in [5, 5.41) is 6.68. The molecule has 1 aliphatic rings. The summed E-state index contributed by atoms with van der Waals surface area (Å²) < 4.78 is 11.1. The maximum Gasteiger partial charge on any atom is 0.239 e. The molecule has 3 rings (SSSR count). The number of ether oxygens (including phenoxy) is 2. The molecule has 1 heterocycles. The van der Waals surface area contributed by atoms with Crippen LogP contribution in [0.15, 0.2) is 48.5 Å². The number of rotatable bonds is 6. The van der Waals surface area contributed by atoms with E-state index in [2.05, 4.69) is 10.6 Å². The van der Waals surface area contributed by atoms with Crippen LogP contribution in [0.1, 0.15) is 11.1 Å². The number of halogens is 1. The minimum Gasteiger partial charge on any atom is -0.487 e. The van der Waals surface area contributed by atoms with Crippen LogP contribution >= 0.6 is 11.6 Å². The zero-order chi connectivity index (χ0) is 17.5. The van der Waals surface area contributed by atoms with Crippen LogP contribution in [0.4, 0.5) is 0 Å². The molecule has 2 N–H and O–H groups in total. The van der Waals surface area contributed by atoms with Gasteiger partial charge in [-0.25, -0.2) is 0 Å². The summed E-state index contributed by atoms with van der Waals surface area (Å²) in [6.45, 7) is 2.58. The SMILES string of the molecule is O=C(NCc1ccccc1COc1ccccc1Cl)C1COCCN1. The Morgan fingerprint density at radius 3 is 2.72 bits per heavy atom. The minimum absolute atomic E-state index is 0.0541. The van der Waals surface area contributed by atoms with Crippen LogP contribution in [0.3, 0.4) is 0 Å². The molecule has 1 saturated heterocycles. The number of carbonyl (C=O) groups is 1. The van der Waals surface area contributed by atoms with Gasteiger partial charge in [0, 0.05) is 13.1 Å². The van der Waals surface area contributed by atoms with Gasteiger partial charge in [-0.05, 0) is 23.3 Å². The van der Waals surface area contributed by atoms with Crippen LogP contribution in [-0.2, 0) is 22.7 Å². The first kappa shape index (κ1) is 17.7. The van der Waals surface area contributed by atoms with E-state index in [1.54, 1.807) is 6.07 Å². The lowest BCUT2D eigenvalue weighted by Gasteiger charge is -2.23. The second-order valence-corrected chi connectivity index (χ2v) is 6.19. The van der Waals surface area contributed by atoms with Gasteiger partial charge in [0.2, 0.25) is 5.91 Å². The maximum atomic E-state index is 12.2. The molecular weight excluding hydrogens is 340 g/mol. The van der Waals surface area contributed by atoms with E-state index in [0.717, 1.165) is 11.1 Å². The molecule has 132 valence electrons. The average Bonchev–Trinajstić information content (AvgIpc) is 2.67. The third-order valence-electron chi connectivity index (χ3n) is 4.03. The van der Waals surface area contributed by atoms with E-state index in [0.29, 0.717) is 43.7 Å². The molecule has 25 heavy (non-hydrogen) atoms. The lowest BCUT2D eigenvalue weighted by Crippen LogP contribution is -2.51. The monoisotopic (exact) mass is 360 g/mol. The van der Waals surface area contributed by atoms with E-state index in [9.17, 15) is 4.79 Å². The number of para-hydroxylation sites is 1. The molecule has 1 fully saturated rings. The Labute approximate surface area is 152 Å². The van der Waals surface area contributed by atoms with Gasteiger partial charge in [-0.3, -0.25) is 4.79 Å². The molecule has 0 aromatic heterocycles. The number of nitrogens with one attached hydrogen (secondary N) is 2. The third kappa shape index (κ3) is 4.95. The lowest BCUT2D eigenvalue weighted by molar-refractivity contribution is -0.126. The van der Waals surface area contributed by atoms with Crippen LogP contribution < -0.4 is 15.4 Å². The first-order valence-corrected chi connectivity index (χ1v) is 8.65. The van der Waals surface area contributed by atoms with E-state index in [4.69, 9.17) is 21.1 Å². The van der Waals surface area contributed by atoms with Crippen molar-refractivity contribution in [3.63, 3.8) is 0 Å². The van der Waals surface area contributed by atoms with Crippen LogP contribution in [-0.4, -0.2) is 31.7 Å². The summed E-state index contributed by atoms with van der Waals surface area (Å²) in [6.07, 6.45) is 0. The highest BCUT2D eigenvalue weighted by molar-refractivity contribution is 6.32. The highest BCUT2D eigenvalue weighted by Crippen LogP contribution is 2.24. The zero-order valence-corrected chi connectivity index (χ0v) is 14.6. The summed E-state index contributed by atoms with van der Waals surface area (Å²) >= 11 is 6.12.